The van der Waals surface area contributed by atoms with Gasteiger partial charge in [-0.3, -0.25) is 4.79 Å². The zero-order valence-electron chi connectivity index (χ0n) is 11.5. The van der Waals surface area contributed by atoms with E-state index in [0.29, 0.717) is 23.5 Å². The van der Waals surface area contributed by atoms with Crippen LogP contribution in [0.2, 0.25) is 0 Å². The minimum atomic E-state index is -0.619. The average Bonchev–Trinajstić information content (AvgIpc) is 2.36. The van der Waals surface area contributed by atoms with Crippen molar-refractivity contribution in [2.75, 3.05) is 0 Å². The van der Waals surface area contributed by atoms with Gasteiger partial charge in [-0.1, -0.05) is 12.1 Å². The third kappa shape index (κ3) is 2.67. The predicted molar refractivity (Wildman–Crippen MR) is 74.9 cm³/mol. The largest absolute Gasteiger partial charge is 0.508 e. The lowest BCUT2D eigenvalue weighted by Crippen LogP contribution is -2.25. The Morgan fingerprint density at radius 1 is 1.29 bits per heavy atom. The van der Waals surface area contributed by atoms with Crippen molar-refractivity contribution >= 4 is 5.78 Å². The number of Topliss-reactive ketones (excluding diaryl/α,β-unsaturated/α-hetero) is 1. The van der Waals surface area contributed by atoms with Crippen LogP contribution in [0.25, 0.3) is 0 Å². The molecule has 0 saturated heterocycles. The second-order valence-electron chi connectivity index (χ2n) is 5.12. The van der Waals surface area contributed by atoms with Gasteiger partial charge in [0.25, 0.3) is 0 Å². The van der Waals surface area contributed by atoms with Crippen molar-refractivity contribution in [1.82, 2.24) is 0 Å². The highest BCUT2D eigenvalue weighted by Gasteiger charge is 2.26. The van der Waals surface area contributed by atoms with Crippen molar-refractivity contribution in [3.63, 3.8) is 0 Å². The van der Waals surface area contributed by atoms with Crippen LogP contribution in [0.5, 0.6) is 11.5 Å². The molecule has 108 valence electrons. The standard InChI is InChI=1S/C16H14O5/c1-9-5-13(18)16-10(3-2-4-14(16)20-9)6-12-7-11(17)8-15(19)21-12/h2-4,7-9,17H,5-6H2,1H3. The highest BCUT2D eigenvalue weighted by molar-refractivity contribution is 6.01. The van der Waals surface area contributed by atoms with Gasteiger partial charge in [-0.05, 0) is 18.6 Å². The molecule has 21 heavy (non-hydrogen) atoms. The molecule has 1 aliphatic rings. The summed E-state index contributed by atoms with van der Waals surface area (Å²) < 4.78 is 10.7. The van der Waals surface area contributed by atoms with E-state index in [4.69, 9.17) is 9.15 Å². The van der Waals surface area contributed by atoms with Gasteiger partial charge in [0, 0.05) is 18.9 Å². The third-order valence-corrected chi connectivity index (χ3v) is 3.36. The Balaban J connectivity index is 2.02. The van der Waals surface area contributed by atoms with Crippen LogP contribution in [0.3, 0.4) is 0 Å². The van der Waals surface area contributed by atoms with E-state index < -0.39 is 5.63 Å². The van der Waals surface area contributed by atoms with E-state index in [2.05, 4.69) is 0 Å². The number of hydrogen-bond acceptors (Lipinski definition) is 5. The number of rotatable bonds is 2. The minimum absolute atomic E-state index is 0.0156. The van der Waals surface area contributed by atoms with Gasteiger partial charge in [0.05, 0.1) is 11.6 Å². The molecule has 1 atom stereocenters. The van der Waals surface area contributed by atoms with Crippen molar-refractivity contribution in [1.29, 1.82) is 0 Å². The molecule has 5 heteroatoms. The van der Waals surface area contributed by atoms with Crippen LogP contribution in [0.1, 0.15) is 35.0 Å². The van der Waals surface area contributed by atoms with E-state index in [0.717, 1.165) is 11.6 Å². The first-order chi connectivity index (χ1) is 10.0. The van der Waals surface area contributed by atoms with Gasteiger partial charge in [-0.2, -0.15) is 0 Å². The molecular weight excluding hydrogens is 272 g/mol. The molecule has 0 spiro atoms. The molecule has 2 aromatic rings. The van der Waals surface area contributed by atoms with Gasteiger partial charge in [-0.15, -0.1) is 0 Å². The van der Waals surface area contributed by atoms with E-state index in [-0.39, 0.29) is 24.1 Å². The molecule has 1 unspecified atom stereocenters. The number of benzene rings is 1. The SMILES string of the molecule is CC1CC(=O)c2c(Cc3cc(O)cc(=O)o3)cccc2O1. The molecule has 5 nitrogen and oxygen atoms in total. The van der Waals surface area contributed by atoms with E-state index in [1.54, 1.807) is 18.2 Å². The van der Waals surface area contributed by atoms with Crippen molar-refractivity contribution in [2.24, 2.45) is 0 Å². The number of ketones is 1. The summed E-state index contributed by atoms with van der Waals surface area (Å²) in [6, 6.07) is 7.71. The van der Waals surface area contributed by atoms with Crippen LogP contribution < -0.4 is 10.4 Å². The molecular formula is C16H14O5. The Hall–Kier alpha value is -2.56. The molecule has 0 amide bonds. The molecule has 1 aliphatic heterocycles. The fraction of sp³-hybridized carbons (Fsp3) is 0.250. The van der Waals surface area contributed by atoms with Crippen molar-refractivity contribution in [3.05, 3.63) is 57.6 Å². The Morgan fingerprint density at radius 3 is 2.86 bits per heavy atom. The smallest absolute Gasteiger partial charge is 0.339 e. The summed E-state index contributed by atoms with van der Waals surface area (Å²) >= 11 is 0. The second kappa shape index (κ2) is 5.09. The van der Waals surface area contributed by atoms with Gasteiger partial charge in [0.1, 0.15) is 23.4 Å². The zero-order chi connectivity index (χ0) is 15.0. The first-order valence-electron chi connectivity index (χ1n) is 6.67. The number of ether oxygens (including phenoxy) is 1. The van der Waals surface area contributed by atoms with E-state index in [1.807, 2.05) is 6.92 Å². The zero-order valence-corrected chi connectivity index (χ0v) is 11.5. The highest BCUT2D eigenvalue weighted by Crippen LogP contribution is 2.31. The molecule has 2 heterocycles. The first kappa shape index (κ1) is 13.4. The van der Waals surface area contributed by atoms with Gasteiger partial charge in [-0.25, -0.2) is 4.79 Å². The Morgan fingerprint density at radius 2 is 2.10 bits per heavy atom. The summed E-state index contributed by atoms with van der Waals surface area (Å²) in [7, 11) is 0. The van der Waals surface area contributed by atoms with E-state index in [9.17, 15) is 14.7 Å². The number of hydrogen-bond donors (Lipinski definition) is 1. The normalized spacial score (nSPS) is 17.2. The summed E-state index contributed by atoms with van der Waals surface area (Å²) in [6.07, 6.45) is 0.434. The molecule has 0 bridgehead atoms. The van der Waals surface area contributed by atoms with Crippen molar-refractivity contribution in [3.8, 4) is 11.5 Å². The maximum atomic E-state index is 12.2. The molecule has 0 radical (unpaired) electrons. The van der Waals surface area contributed by atoms with Crippen LogP contribution in [0.15, 0.2) is 39.5 Å². The summed E-state index contributed by atoms with van der Waals surface area (Å²) in [5.74, 6) is 0.725. The van der Waals surface area contributed by atoms with Crippen LogP contribution >= 0.6 is 0 Å². The maximum absolute atomic E-state index is 12.2. The van der Waals surface area contributed by atoms with Gasteiger partial charge in [0.15, 0.2) is 5.78 Å². The highest BCUT2D eigenvalue weighted by atomic mass is 16.5. The molecule has 1 aromatic heterocycles. The summed E-state index contributed by atoms with van der Waals surface area (Å²) in [5, 5.41) is 9.45. The summed E-state index contributed by atoms with van der Waals surface area (Å²) in [6.45, 7) is 1.85. The number of carbonyl (C=O) groups is 1. The summed E-state index contributed by atoms with van der Waals surface area (Å²) in [4.78, 5) is 23.5. The molecule has 1 aromatic carbocycles. The predicted octanol–water partition coefficient (Wildman–Crippen LogP) is 2.29. The summed E-state index contributed by atoms with van der Waals surface area (Å²) in [5.41, 5.74) is 0.630. The first-order valence-corrected chi connectivity index (χ1v) is 6.67. The average molecular weight is 286 g/mol. The van der Waals surface area contributed by atoms with E-state index in [1.165, 1.54) is 6.07 Å². The Bertz CT molecular complexity index is 760. The van der Waals surface area contributed by atoms with Gasteiger partial charge >= 0.3 is 5.63 Å². The Labute approximate surface area is 120 Å². The minimum Gasteiger partial charge on any atom is -0.508 e. The topological polar surface area (TPSA) is 76.7 Å². The van der Waals surface area contributed by atoms with Crippen LogP contribution in [0.4, 0.5) is 0 Å². The maximum Gasteiger partial charge on any atom is 0.339 e. The van der Waals surface area contributed by atoms with Crippen LogP contribution in [0, 0.1) is 0 Å². The quantitative estimate of drug-likeness (QED) is 0.916. The van der Waals surface area contributed by atoms with Crippen molar-refractivity contribution < 1.29 is 19.1 Å². The Kier molecular flexibility index (Phi) is 3.25. The van der Waals surface area contributed by atoms with Gasteiger partial charge < -0.3 is 14.3 Å². The number of carbonyl (C=O) groups excluding carboxylic acids is 1. The lowest BCUT2D eigenvalue weighted by atomic mass is 9.94. The van der Waals surface area contributed by atoms with Crippen molar-refractivity contribution in [2.45, 2.75) is 25.9 Å². The van der Waals surface area contributed by atoms with Crippen LogP contribution in [-0.2, 0) is 6.42 Å². The van der Waals surface area contributed by atoms with Gasteiger partial charge in [0.2, 0.25) is 0 Å². The third-order valence-electron chi connectivity index (χ3n) is 3.36. The molecule has 3 rings (SSSR count). The number of aromatic hydroxyl groups is 1. The lowest BCUT2D eigenvalue weighted by Gasteiger charge is -2.24. The molecule has 0 saturated carbocycles. The monoisotopic (exact) mass is 286 g/mol. The van der Waals surface area contributed by atoms with E-state index >= 15 is 0 Å². The van der Waals surface area contributed by atoms with Crippen LogP contribution in [-0.4, -0.2) is 17.0 Å². The molecule has 0 aliphatic carbocycles. The molecule has 0 fully saturated rings. The second-order valence-corrected chi connectivity index (χ2v) is 5.12. The molecule has 1 N–H and O–H groups in total. The fourth-order valence-electron chi connectivity index (χ4n) is 2.55. The fourth-order valence-corrected chi connectivity index (χ4v) is 2.55. The number of fused-ring (bicyclic) bond motifs is 1. The lowest BCUT2D eigenvalue weighted by molar-refractivity contribution is 0.0869.